The van der Waals surface area contributed by atoms with E-state index in [-0.39, 0.29) is 24.4 Å². The number of carbonyl (C=O) groups is 4. The van der Waals surface area contributed by atoms with Crippen molar-refractivity contribution in [1.82, 2.24) is 15.1 Å². The molecule has 1 N–H and O–H groups in total. The van der Waals surface area contributed by atoms with Gasteiger partial charge < -0.3 is 10.2 Å². The summed E-state index contributed by atoms with van der Waals surface area (Å²) in [6.07, 6.45) is 1.29. The Kier molecular flexibility index (Phi) is 4.95. The van der Waals surface area contributed by atoms with Crippen LogP contribution in [0.3, 0.4) is 0 Å². The first-order chi connectivity index (χ1) is 13.5. The van der Waals surface area contributed by atoms with E-state index in [0.29, 0.717) is 41.9 Å². The van der Waals surface area contributed by atoms with Gasteiger partial charge in [0.25, 0.3) is 17.7 Å². The maximum absolute atomic E-state index is 12.6. The summed E-state index contributed by atoms with van der Waals surface area (Å²) in [5, 5.41) is 4.85. The van der Waals surface area contributed by atoms with Crippen LogP contribution in [0, 0.1) is 0 Å². The number of benzene rings is 1. The van der Waals surface area contributed by atoms with Crippen molar-refractivity contribution in [1.29, 1.82) is 0 Å². The topological polar surface area (TPSA) is 86.8 Å². The molecule has 0 atom stereocenters. The predicted octanol–water partition coefficient (Wildman–Crippen LogP) is 1.77. The summed E-state index contributed by atoms with van der Waals surface area (Å²) < 4.78 is 0. The summed E-state index contributed by atoms with van der Waals surface area (Å²) in [5.74, 6) is -1.19. The van der Waals surface area contributed by atoms with Gasteiger partial charge in [-0.2, -0.15) is 0 Å². The number of fused-ring (bicyclic) bond motifs is 1. The first-order valence-electron chi connectivity index (χ1n) is 9.12. The second kappa shape index (κ2) is 7.55. The number of thiophene rings is 1. The number of carbonyl (C=O) groups excluding carboxylic acids is 4. The van der Waals surface area contributed by atoms with Crippen LogP contribution in [0.1, 0.15) is 43.2 Å². The number of nitrogens with zero attached hydrogens (tertiary/aromatic N) is 2. The average Bonchev–Trinajstić information content (AvgIpc) is 3.33. The number of rotatable bonds is 4. The highest BCUT2D eigenvalue weighted by Gasteiger charge is 2.37. The molecule has 1 saturated heterocycles. The first kappa shape index (κ1) is 18.4. The molecule has 0 aliphatic carbocycles. The van der Waals surface area contributed by atoms with Crippen LogP contribution in [-0.2, 0) is 4.79 Å². The van der Waals surface area contributed by atoms with Crippen molar-refractivity contribution in [2.45, 2.75) is 18.9 Å². The molecular weight excluding hydrogens is 378 g/mol. The van der Waals surface area contributed by atoms with E-state index in [1.807, 2.05) is 11.4 Å². The van der Waals surface area contributed by atoms with Gasteiger partial charge in [-0.3, -0.25) is 24.1 Å². The second-order valence-corrected chi connectivity index (χ2v) is 7.80. The van der Waals surface area contributed by atoms with E-state index in [0.717, 1.165) is 4.90 Å². The summed E-state index contributed by atoms with van der Waals surface area (Å²) >= 11 is 1.39. The zero-order valence-electron chi connectivity index (χ0n) is 15.1. The Bertz CT molecular complexity index is 898. The van der Waals surface area contributed by atoms with Crippen LogP contribution in [0.5, 0.6) is 0 Å². The quantitative estimate of drug-likeness (QED) is 0.797. The van der Waals surface area contributed by atoms with Crippen LogP contribution < -0.4 is 5.32 Å². The van der Waals surface area contributed by atoms with Crippen molar-refractivity contribution in [3.05, 3.63) is 57.8 Å². The highest BCUT2D eigenvalue weighted by atomic mass is 32.1. The van der Waals surface area contributed by atoms with Crippen molar-refractivity contribution in [3.63, 3.8) is 0 Å². The maximum Gasteiger partial charge on any atom is 0.262 e. The molecule has 0 bridgehead atoms. The van der Waals surface area contributed by atoms with Crippen molar-refractivity contribution in [2.24, 2.45) is 0 Å². The highest BCUT2D eigenvalue weighted by molar-refractivity contribution is 7.12. The fourth-order valence-electron chi connectivity index (χ4n) is 3.56. The molecule has 7 nitrogen and oxygen atoms in total. The number of amides is 4. The van der Waals surface area contributed by atoms with Crippen LogP contribution in [0.4, 0.5) is 0 Å². The molecular formula is C20H19N3O4S. The second-order valence-electron chi connectivity index (χ2n) is 6.85. The van der Waals surface area contributed by atoms with Gasteiger partial charge in [0.05, 0.1) is 16.0 Å². The largest absolute Gasteiger partial charge is 0.348 e. The zero-order valence-corrected chi connectivity index (χ0v) is 15.9. The van der Waals surface area contributed by atoms with Gasteiger partial charge in [0.15, 0.2) is 0 Å². The highest BCUT2D eigenvalue weighted by Crippen LogP contribution is 2.22. The summed E-state index contributed by atoms with van der Waals surface area (Å²) in [5.41, 5.74) is 0.686. The van der Waals surface area contributed by atoms with Gasteiger partial charge in [0, 0.05) is 19.1 Å². The SMILES string of the molecule is O=C(NC1CCN(C(=O)CN2C(=O)c3ccccc3C2=O)CC1)c1cccs1. The Morgan fingerprint density at radius 3 is 2.21 bits per heavy atom. The van der Waals surface area contributed by atoms with Crippen molar-refractivity contribution in [2.75, 3.05) is 19.6 Å². The van der Waals surface area contributed by atoms with E-state index in [1.165, 1.54) is 11.3 Å². The fraction of sp³-hybridized carbons (Fsp3) is 0.300. The maximum atomic E-state index is 12.6. The molecule has 1 aromatic carbocycles. The molecule has 2 aliphatic rings. The van der Waals surface area contributed by atoms with Gasteiger partial charge >= 0.3 is 0 Å². The molecule has 2 aromatic rings. The van der Waals surface area contributed by atoms with Crippen LogP contribution in [0.2, 0.25) is 0 Å². The predicted molar refractivity (Wildman–Crippen MR) is 103 cm³/mol. The molecule has 3 heterocycles. The lowest BCUT2D eigenvalue weighted by Crippen LogP contribution is -2.49. The Labute approximate surface area is 165 Å². The standard InChI is InChI=1S/C20H19N3O4S/c24-17(12-23-19(26)14-4-1-2-5-15(14)20(23)27)22-9-7-13(8-10-22)21-18(25)16-6-3-11-28-16/h1-6,11,13H,7-10,12H2,(H,21,25). The fourth-order valence-corrected chi connectivity index (χ4v) is 4.18. The first-order valence-corrected chi connectivity index (χ1v) is 10.00. The van der Waals surface area contributed by atoms with Crippen LogP contribution >= 0.6 is 11.3 Å². The van der Waals surface area contributed by atoms with Crippen LogP contribution in [0.25, 0.3) is 0 Å². The molecule has 28 heavy (non-hydrogen) atoms. The molecule has 4 amide bonds. The summed E-state index contributed by atoms with van der Waals surface area (Å²) in [4.78, 5) is 52.9. The molecule has 0 spiro atoms. The van der Waals surface area contributed by atoms with Gasteiger partial charge in [-0.25, -0.2) is 0 Å². The molecule has 2 aliphatic heterocycles. The Balaban J connectivity index is 1.31. The lowest BCUT2D eigenvalue weighted by atomic mass is 10.0. The van der Waals surface area contributed by atoms with E-state index >= 15 is 0 Å². The van der Waals surface area contributed by atoms with Gasteiger partial charge in [0.1, 0.15) is 6.54 Å². The molecule has 1 fully saturated rings. The molecule has 0 unspecified atom stereocenters. The lowest BCUT2D eigenvalue weighted by Gasteiger charge is -2.33. The van der Waals surface area contributed by atoms with E-state index in [4.69, 9.17) is 0 Å². The summed E-state index contributed by atoms with van der Waals surface area (Å²) in [6, 6.07) is 10.2. The van der Waals surface area contributed by atoms with Gasteiger partial charge in [-0.15, -0.1) is 11.3 Å². The summed E-state index contributed by atoms with van der Waals surface area (Å²) in [7, 11) is 0. The molecule has 4 rings (SSSR count). The molecule has 0 radical (unpaired) electrons. The van der Waals surface area contributed by atoms with Crippen molar-refractivity contribution in [3.8, 4) is 0 Å². The smallest absolute Gasteiger partial charge is 0.262 e. The van der Waals surface area contributed by atoms with Gasteiger partial charge in [-0.1, -0.05) is 18.2 Å². The lowest BCUT2D eigenvalue weighted by molar-refractivity contribution is -0.132. The van der Waals surface area contributed by atoms with E-state index in [9.17, 15) is 19.2 Å². The number of hydrogen-bond acceptors (Lipinski definition) is 5. The monoisotopic (exact) mass is 397 g/mol. The molecule has 144 valence electrons. The third kappa shape index (κ3) is 3.43. The number of likely N-dealkylation sites (tertiary alicyclic amines) is 1. The number of imide groups is 1. The van der Waals surface area contributed by atoms with Gasteiger partial charge in [-0.05, 0) is 36.4 Å². The number of piperidine rings is 1. The van der Waals surface area contributed by atoms with Gasteiger partial charge in [0.2, 0.25) is 5.91 Å². The Morgan fingerprint density at radius 1 is 1.00 bits per heavy atom. The van der Waals surface area contributed by atoms with E-state index < -0.39 is 11.8 Å². The average molecular weight is 397 g/mol. The minimum absolute atomic E-state index is 0.0120. The normalized spacial score (nSPS) is 17.0. The number of nitrogens with one attached hydrogen (secondary N) is 1. The van der Waals surface area contributed by atoms with Crippen molar-refractivity contribution >= 4 is 35.0 Å². The van der Waals surface area contributed by atoms with E-state index in [1.54, 1.807) is 35.2 Å². The Hall–Kier alpha value is -3.00. The third-order valence-electron chi connectivity index (χ3n) is 5.10. The van der Waals surface area contributed by atoms with E-state index in [2.05, 4.69) is 5.32 Å². The minimum atomic E-state index is -0.424. The third-order valence-corrected chi connectivity index (χ3v) is 5.97. The zero-order chi connectivity index (χ0) is 19.7. The minimum Gasteiger partial charge on any atom is -0.348 e. The molecule has 1 aromatic heterocycles. The number of hydrogen-bond donors (Lipinski definition) is 1. The van der Waals surface area contributed by atoms with Crippen molar-refractivity contribution < 1.29 is 19.2 Å². The van der Waals surface area contributed by atoms with Crippen LogP contribution in [0.15, 0.2) is 41.8 Å². The Morgan fingerprint density at radius 2 is 1.64 bits per heavy atom. The van der Waals surface area contributed by atoms with Crippen LogP contribution in [-0.4, -0.2) is 59.1 Å². The molecule has 8 heteroatoms. The summed E-state index contributed by atoms with van der Waals surface area (Å²) in [6.45, 7) is 0.716. The molecule has 0 saturated carbocycles.